The summed E-state index contributed by atoms with van der Waals surface area (Å²) in [6, 6.07) is 15.6. The van der Waals surface area contributed by atoms with Gasteiger partial charge in [0.25, 0.3) is 0 Å². The molecule has 2 rings (SSSR count). The molecular formula is C20H23N3O3S2. The second-order valence-corrected chi connectivity index (χ2v) is 8.89. The number of hydrogen-bond donors (Lipinski definition) is 1. The Hall–Kier alpha value is -2.34. The highest BCUT2D eigenvalue weighted by Crippen LogP contribution is 2.20. The van der Waals surface area contributed by atoms with Crippen LogP contribution in [0.15, 0.2) is 53.4 Å². The number of benzene rings is 2. The number of carbonyl (C=O) groups is 1. The minimum Gasteiger partial charge on any atom is -0.325 e. The van der Waals surface area contributed by atoms with Crippen LogP contribution in [0, 0.1) is 11.3 Å². The standard InChI is InChI=1S/C20H23N3O3S2/c1-3-23(4-2)28(25,26)19-10-6-9-18(12-19)22-20(24)15-27-14-17-8-5-7-16(11-17)13-21/h5-12H,3-4,14-15H2,1-2H3,(H,22,24). The maximum absolute atomic E-state index is 12.6. The van der Waals surface area contributed by atoms with E-state index in [4.69, 9.17) is 5.26 Å². The molecule has 6 nitrogen and oxygen atoms in total. The third kappa shape index (κ3) is 5.83. The third-order valence-electron chi connectivity index (χ3n) is 4.02. The zero-order valence-electron chi connectivity index (χ0n) is 15.9. The Bertz CT molecular complexity index is 965. The normalized spacial score (nSPS) is 11.2. The summed E-state index contributed by atoms with van der Waals surface area (Å²) in [6.45, 7) is 4.35. The summed E-state index contributed by atoms with van der Waals surface area (Å²) in [4.78, 5) is 12.4. The van der Waals surface area contributed by atoms with Crippen molar-refractivity contribution in [3.63, 3.8) is 0 Å². The lowest BCUT2D eigenvalue weighted by molar-refractivity contribution is -0.113. The van der Waals surface area contributed by atoms with E-state index in [1.807, 2.05) is 12.1 Å². The number of anilines is 1. The van der Waals surface area contributed by atoms with Crippen LogP contribution in [-0.2, 0) is 20.6 Å². The number of nitrogens with zero attached hydrogens (tertiary/aromatic N) is 2. The van der Waals surface area contributed by atoms with Crippen molar-refractivity contribution in [2.24, 2.45) is 0 Å². The Balaban J connectivity index is 1.96. The number of amides is 1. The average Bonchev–Trinajstić information content (AvgIpc) is 2.69. The van der Waals surface area contributed by atoms with Crippen LogP contribution in [-0.4, -0.2) is 37.5 Å². The number of carbonyl (C=O) groups excluding carboxylic acids is 1. The monoisotopic (exact) mass is 417 g/mol. The van der Waals surface area contributed by atoms with Gasteiger partial charge >= 0.3 is 0 Å². The molecule has 2 aromatic carbocycles. The molecule has 0 fully saturated rings. The van der Waals surface area contributed by atoms with E-state index in [2.05, 4.69) is 11.4 Å². The van der Waals surface area contributed by atoms with Crippen LogP contribution in [0.1, 0.15) is 25.0 Å². The van der Waals surface area contributed by atoms with Gasteiger partial charge in [0.05, 0.1) is 22.3 Å². The van der Waals surface area contributed by atoms with Crippen LogP contribution in [0.2, 0.25) is 0 Å². The molecule has 0 aliphatic carbocycles. The molecule has 2 aromatic rings. The van der Waals surface area contributed by atoms with Crippen molar-refractivity contribution in [1.82, 2.24) is 4.31 Å². The van der Waals surface area contributed by atoms with E-state index in [0.29, 0.717) is 30.1 Å². The van der Waals surface area contributed by atoms with Gasteiger partial charge in [-0.1, -0.05) is 32.0 Å². The van der Waals surface area contributed by atoms with Crippen molar-refractivity contribution in [1.29, 1.82) is 5.26 Å². The summed E-state index contributed by atoms with van der Waals surface area (Å²) in [5, 5.41) is 11.7. The van der Waals surface area contributed by atoms with Crippen LogP contribution in [0.25, 0.3) is 0 Å². The van der Waals surface area contributed by atoms with Gasteiger partial charge in [0.2, 0.25) is 15.9 Å². The van der Waals surface area contributed by atoms with Crippen molar-refractivity contribution in [3.05, 3.63) is 59.7 Å². The summed E-state index contributed by atoms with van der Waals surface area (Å²) >= 11 is 1.43. The Morgan fingerprint density at radius 1 is 1.14 bits per heavy atom. The molecular weight excluding hydrogens is 394 g/mol. The predicted molar refractivity (Wildman–Crippen MR) is 112 cm³/mol. The largest absolute Gasteiger partial charge is 0.325 e. The fourth-order valence-electron chi connectivity index (χ4n) is 2.64. The highest BCUT2D eigenvalue weighted by Gasteiger charge is 2.21. The molecule has 0 atom stereocenters. The molecule has 0 saturated heterocycles. The molecule has 8 heteroatoms. The molecule has 0 spiro atoms. The Morgan fingerprint density at radius 2 is 1.86 bits per heavy atom. The Morgan fingerprint density at radius 3 is 2.54 bits per heavy atom. The number of thioether (sulfide) groups is 1. The van der Waals surface area contributed by atoms with Gasteiger partial charge in [0.15, 0.2) is 0 Å². The van der Waals surface area contributed by atoms with E-state index < -0.39 is 10.0 Å². The highest BCUT2D eigenvalue weighted by atomic mass is 32.2. The summed E-state index contributed by atoms with van der Waals surface area (Å²) in [6.07, 6.45) is 0. The van der Waals surface area contributed by atoms with Crippen LogP contribution < -0.4 is 5.32 Å². The molecule has 0 aliphatic rings. The average molecular weight is 418 g/mol. The second-order valence-electron chi connectivity index (χ2n) is 5.97. The lowest BCUT2D eigenvalue weighted by atomic mass is 10.2. The number of sulfonamides is 1. The first-order valence-corrected chi connectivity index (χ1v) is 11.5. The van der Waals surface area contributed by atoms with Crippen LogP contribution >= 0.6 is 11.8 Å². The van der Waals surface area contributed by atoms with Crippen LogP contribution in [0.5, 0.6) is 0 Å². The first-order chi connectivity index (χ1) is 13.4. The minimum absolute atomic E-state index is 0.162. The molecule has 1 N–H and O–H groups in total. The molecule has 0 aliphatic heterocycles. The first kappa shape index (κ1) is 22.0. The number of hydrogen-bond acceptors (Lipinski definition) is 5. The number of rotatable bonds is 9. The molecule has 0 aromatic heterocycles. The third-order valence-corrected chi connectivity index (χ3v) is 7.07. The van der Waals surface area contributed by atoms with Crippen LogP contribution in [0.3, 0.4) is 0 Å². The van der Waals surface area contributed by atoms with Crippen molar-refractivity contribution in [3.8, 4) is 6.07 Å². The SMILES string of the molecule is CCN(CC)S(=O)(=O)c1cccc(NC(=O)CSCc2cccc(C#N)c2)c1. The predicted octanol–water partition coefficient (Wildman–Crippen LogP) is 3.46. The van der Waals surface area contributed by atoms with Crippen LogP contribution in [0.4, 0.5) is 5.69 Å². The van der Waals surface area contributed by atoms with Gasteiger partial charge in [-0.15, -0.1) is 11.8 Å². The van der Waals surface area contributed by atoms with E-state index in [-0.39, 0.29) is 16.6 Å². The summed E-state index contributed by atoms with van der Waals surface area (Å²) < 4.78 is 26.6. The Kier molecular flexibility index (Phi) is 8.05. The zero-order valence-corrected chi connectivity index (χ0v) is 17.5. The van der Waals surface area contributed by atoms with E-state index in [9.17, 15) is 13.2 Å². The molecule has 0 heterocycles. The fraction of sp³-hybridized carbons (Fsp3) is 0.300. The van der Waals surface area contributed by atoms with Gasteiger partial charge < -0.3 is 5.32 Å². The van der Waals surface area contributed by atoms with E-state index in [1.165, 1.54) is 28.2 Å². The van der Waals surface area contributed by atoms with Gasteiger partial charge in [-0.2, -0.15) is 9.57 Å². The fourth-order valence-corrected chi connectivity index (χ4v) is 4.92. The van der Waals surface area contributed by atoms with E-state index >= 15 is 0 Å². The van der Waals surface area contributed by atoms with Crippen molar-refractivity contribution in [2.75, 3.05) is 24.2 Å². The van der Waals surface area contributed by atoms with Gasteiger partial charge in [-0.3, -0.25) is 4.79 Å². The lowest BCUT2D eigenvalue weighted by Crippen LogP contribution is -2.30. The molecule has 148 valence electrons. The highest BCUT2D eigenvalue weighted by molar-refractivity contribution is 7.99. The molecule has 0 saturated carbocycles. The molecule has 1 amide bonds. The number of nitrogens with one attached hydrogen (secondary N) is 1. The molecule has 28 heavy (non-hydrogen) atoms. The van der Waals surface area contributed by atoms with E-state index in [0.717, 1.165) is 5.56 Å². The molecule has 0 bridgehead atoms. The van der Waals surface area contributed by atoms with Crippen molar-refractivity contribution >= 4 is 33.4 Å². The quantitative estimate of drug-likeness (QED) is 0.675. The lowest BCUT2D eigenvalue weighted by Gasteiger charge is -2.18. The van der Waals surface area contributed by atoms with Crippen molar-refractivity contribution < 1.29 is 13.2 Å². The van der Waals surface area contributed by atoms with Gasteiger partial charge in [-0.05, 0) is 35.9 Å². The summed E-state index contributed by atoms with van der Waals surface area (Å²) in [5.41, 5.74) is 2.02. The summed E-state index contributed by atoms with van der Waals surface area (Å²) in [7, 11) is -3.57. The smallest absolute Gasteiger partial charge is 0.243 e. The van der Waals surface area contributed by atoms with Gasteiger partial charge in [0, 0.05) is 24.5 Å². The van der Waals surface area contributed by atoms with Crippen molar-refractivity contribution in [2.45, 2.75) is 24.5 Å². The van der Waals surface area contributed by atoms with Gasteiger partial charge in [-0.25, -0.2) is 8.42 Å². The van der Waals surface area contributed by atoms with Gasteiger partial charge in [0.1, 0.15) is 0 Å². The summed E-state index contributed by atoms with van der Waals surface area (Å²) in [5.74, 6) is 0.627. The maximum atomic E-state index is 12.6. The minimum atomic E-state index is -3.57. The molecule has 0 unspecified atom stereocenters. The topological polar surface area (TPSA) is 90.3 Å². The van der Waals surface area contributed by atoms with E-state index in [1.54, 1.807) is 38.1 Å². The Labute approximate surface area is 170 Å². The maximum Gasteiger partial charge on any atom is 0.243 e. The zero-order chi connectivity index (χ0) is 20.6. The first-order valence-electron chi connectivity index (χ1n) is 8.87. The number of nitriles is 1. The second kappa shape index (κ2) is 10.3. The molecule has 0 radical (unpaired) electrons.